The molecular formula is C20H14N2O5. The number of rotatable bonds is 4. The van der Waals surface area contributed by atoms with Gasteiger partial charge in [-0.25, -0.2) is 4.79 Å². The quantitative estimate of drug-likeness (QED) is 0.513. The van der Waals surface area contributed by atoms with Gasteiger partial charge in [-0.1, -0.05) is 47.1 Å². The summed E-state index contributed by atoms with van der Waals surface area (Å²) >= 11 is 0. The number of benzene rings is 2. The Kier molecular flexibility index (Phi) is 4.25. The number of carbonyl (C=O) groups excluding carboxylic acids is 1. The van der Waals surface area contributed by atoms with E-state index in [1.807, 2.05) is 37.3 Å². The molecule has 4 aromatic rings. The summed E-state index contributed by atoms with van der Waals surface area (Å²) in [5.74, 6) is -0.427. The van der Waals surface area contributed by atoms with Crippen LogP contribution in [-0.2, 0) is 11.3 Å². The van der Waals surface area contributed by atoms with E-state index in [1.165, 1.54) is 0 Å². The predicted molar refractivity (Wildman–Crippen MR) is 96.1 cm³/mol. The van der Waals surface area contributed by atoms with Crippen molar-refractivity contribution in [2.75, 3.05) is 0 Å². The molecule has 0 bridgehead atoms. The summed E-state index contributed by atoms with van der Waals surface area (Å²) in [4.78, 5) is 28.6. The molecule has 2 heterocycles. The molecule has 0 radical (unpaired) electrons. The van der Waals surface area contributed by atoms with Crippen molar-refractivity contribution >= 4 is 16.9 Å². The first-order valence-electron chi connectivity index (χ1n) is 8.20. The van der Waals surface area contributed by atoms with Crippen LogP contribution in [-0.4, -0.2) is 16.1 Å². The maximum Gasteiger partial charge on any atom is 0.374 e. The van der Waals surface area contributed by atoms with Crippen molar-refractivity contribution in [1.29, 1.82) is 0 Å². The van der Waals surface area contributed by atoms with Gasteiger partial charge in [-0.2, -0.15) is 4.98 Å². The minimum Gasteiger partial charge on any atom is -0.450 e. The molecular weight excluding hydrogens is 348 g/mol. The maximum atomic E-state index is 12.2. The van der Waals surface area contributed by atoms with Crippen molar-refractivity contribution in [3.63, 3.8) is 0 Å². The molecule has 0 aliphatic rings. The molecule has 7 heteroatoms. The van der Waals surface area contributed by atoms with E-state index >= 15 is 0 Å². The van der Waals surface area contributed by atoms with Crippen molar-refractivity contribution in [2.45, 2.75) is 13.5 Å². The lowest BCUT2D eigenvalue weighted by Crippen LogP contribution is -2.10. The second-order valence-electron chi connectivity index (χ2n) is 5.93. The Morgan fingerprint density at radius 1 is 1.11 bits per heavy atom. The van der Waals surface area contributed by atoms with Crippen molar-refractivity contribution in [2.24, 2.45) is 0 Å². The summed E-state index contributed by atoms with van der Waals surface area (Å²) in [6, 6.07) is 15.5. The van der Waals surface area contributed by atoms with E-state index in [1.54, 1.807) is 18.2 Å². The second-order valence-corrected chi connectivity index (χ2v) is 5.93. The zero-order chi connectivity index (χ0) is 18.8. The van der Waals surface area contributed by atoms with Crippen LogP contribution in [0.3, 0.4) is 0 Å². The zero-order valence-electron chi connectivity index (χ0n) is 14.3. The highest BCUT2D eigenvalue weighted by molar-refractivity contribution is 5.89. The normalized spacial score (nSPS) is 10.9. The summed E-state index contributed by atoms with van der Waals surface area (Å²) in [5.41, 5.74) is 1.73. The first-order chi connectivity index (χ1) is 13.1. The van der Waals surface area contributed by atoms with E-state index in [9.17, 15) is 9.59 Å². The number of carbonyl (C=O) groups is 1. The summed E-state index contributed by atoms with van der Waals surface area (Å²) in [7, 11) is 0. The van der Waals surface area contributed by atoms with Crippen molar-refractivity contribution in [3.8, 4) is 11.4 Å². The summed E-state index contributed by atoms with van der Waals surface area (Å²) < 4.78 is 15.7. The average Bonchev–Trinajstić information content (AvgIpc) is 3.16. The van der Waals surface area contributed by atoms with Gasteiger partial charge >= 0.3 is 5.97 Å². The Hall–Kier alpha value is -3.74. The van der Waals surface area contributed by atoms with Crippen LogP contribution in [0.5, 0.6) is 0 Å². The minimum atomic E-state index is -0.783. The number of hydrogen-bond acceptors (Lipinski definition) is 7. The molecule has 27 heavy (non-hydrogen) atoms. The number of fused-ring (bicyclic) bond motifs is 1. The molecule has 0 fully saturated rings. The average molecular weight is 362 g/mol. The fourth-order valence-electron chi connectivity index (χ4n) is 2.59. The van der Waals surface area contributed by atoms with Gasteiger partial charge in [0.2, 0.25) is 11.6 Å². The first kappa shape index (κ1) is 16.7. The lowest BCUT2D eigenvalue weighted by molar-refractivity contribution is 0.0394. The number of esters is 1. The van der Waals surface area contributed by atoms with E-state index in [-0.39, 0.29) is 23.7 Å². The predicted octanol–water partition coefficient (Wildman–Crippen LogP) is 3.51. The van der Waals surface area contributed by atoms with Crippen LogP contribution >= 0.6 is 0 Å². The van der Waals surface area contributed by atoms with Gasteiger partial charge in [0, 0.05) is 11.6 Å². The van der Waals surface area contributed by atoms with Crippen molar-refractivity contribution in [3.05, 3.63) is 82.0 Å². The Morgan fingerprint density at radius 2 is 1.93 bits per heavy atom. The third-order valence-electron chi connectivity index (χ3n) is 3.91. The number of aryl methyl sites for hydroxylation is 1. The fourth-order valence-corrected chi connectivity index (χ4v) is 2.59. The topological polar surface area (TPSA) is 95.4 Å². The third kappa shape index (κ3) is 3.48. The second kappa shape index (κ2) is 6.87. The van der Waals surface area contributed by atoms with Crippen LogP contribution in [0.25, 0.3) is 22.4 Å². The van der Waals surface area contributed by atoms with Crippen LogP contribution < -0.4 is 5.43 Å². The number of ether oxygens (including phenoxy) is 1. The molecule has 4 rings (SSSR count). The highest BCUT2D eigenvalue weighted by Gasteiger charge is 2.16. The Balaban J connectivity index is 1.50. The van der Waals surface area contributed by atoms with Gasteiger partial charge in [-0.15, -0.1) is 0 Å². The molecule has 0 N–H and O–H groups in total. The third-order valence-corrected chi connectivity index (χ3v) is 3.91. The SMILES string of the molecule is Cc1ccc2oc(C(=O)OCc3nc(-c4ccccc4)no3)cc(=O)c2c1. The van der Waals surface area contributed by atoms with Gasteiger partial charge < -0.3 is 13.7 Å². The molecule has 0 saturated heterocycles. The molecule has 2 aromatic heterocycles. The van der Waals surface area contributed by atoms with Crippen LogP contribution in [0, 0.1) is 6.92 Å². The van der Waals surface area contributed by atoms with E-state index in [2.05, 4.69) is 10.1 Å². The van der Waals surface area contributed by atoms with Gasteiger partial charge in [-0.3, -0.25) is 4.79 Å². The molecule has 7 nitrogen and oxygen atoms in total. The fraction of sp³-hybridized carbons (Fsp3) is 0.100. The van der Waals surface area contributed by atoms with Crippen LogP contribution in [0.2, 0.25) is 0 Å². The molecule has 0 unspecified atom stereocenters. The molecule has 134 valence electrons. The maximum absolute atomic E-state index is 12.2. The molecule has 0 saturated carbocycles. The van der Waals surface area contributed by atoms with E-state index in [0.717, 1.165) is 17.2 Å². The van der Waals surface area contributed by atoms with Gasteiger partial charge in [0.15, 0.2) is 12.0 Å². The standard InChI is InChI=1S/C20H14N2O5/c1-12-7-8-16-14(9-12)15(23)10-17(26-16)20(24)25-11-18-21-19(22-27-18)13-5-3-2-4-6-13/h2-10H,11H2,1H3. The Bertz CT molecular complexity index is 1180. The van der Waals surface area contributed by atoms with Gasteiger partial charge in [-0.05, 0) is 19.1 Å². The molecule has 2 aromatic carbocycles. The Labute approximate surface area is 153 Å². The van der Waals surface area contributed by atoms with Gasteiger partial charge in [0.1, 0.15) is 5.58 Å². The van der Waals surface area contributed by atoms with Gasteiger partial charge in [0.05, 0.1) is 5.39 Å². The first-order valence-corrected chi connectivity index (χ1v) is 8.20. The Morgan fingerprint density at radius 3 is 2.74 bits per heavy atom. The smallest absolute Gasteiger partial charge is 0.374 e. The van der Waals surface area contributed by atoms with E-state index in [4.69, 9.17) is 13.7 Å². The lowest BCUT2D eigenvalue weighted by Gasteiger charge is -2.03. The van der Waals surface area contributed by atoms with Crippen molar-refractivity contribution in [1.82, 2.24) is 10.1 Å². The van der Waals surface area contributed by atoms with Crippen LogP contribution in [0.4, 0.5) is 0 Å². The molecule has 0 aliphatic carbocycles. The number of hydrogen-bond donors (Lipinski definition) is 0. The molecule has 0 atom stereocenters. The number of nitrogens with zero attached hydrogens (tertiary/aromatic N) is 2. The number of aromatic nitrogens is 2. The monoisotopic (exact) mass is 362 g/mol. The summed E-state index contributed by atoms with van der Waals surface area (Å²) in [6.07, 6.45) is 0. The van der Waals surface area contributed by atoms with Crippen LogP contribution in [0.15, 0.2) is 68.3 Å². The summed E-state index contributed by atoms with van der Waals surface area (Å²) in [5, 5.41) is 4.26. The van der Waals surface area contributed by atoms with Gasteiger partial charge in [0.25, 0.3) is 5.89 Å². The van der Waals surface area contributed by atoms with Crippen LogP contribution in [0.1, 0.15) is 22.0 Å². The van der Waals surface area contributed by atoms with Crippen molar-refractivity contribution < 1.29 is 18.5 Å². The largest absolute Gasteiger partial charge is 0.450 e. The minimum absolute atomic E-state index is 0.140. The molecule has 0 spiro atoms. The lowest BCUT2D eigenvalue weighted by atomic mass is 10.1. The highest BCUT2D eigenvalue weighted by atomic mass is 16.6. The molecule has 0 amide bonds. The highest BCUT2D eigenvalue weighted by Crippen LogP contribution is 2.17. The molecule has 0 aliphatic heterocycles. The van der Waals surface area contributed by atoms with E-state index in [0.29, 0.717) is 16.8 Å². The summed E-state index contributed by atoms with van der Waals surface area (Å²) in [6.45, 7) is 1.64. The zero-order valence-corrected chi connectivity index (χ0v) is 14.3. The van der Waals surface area contributed by atoms with E-state index < -0.39 is 5.97 Å².